The molecule has 1 aliphatic rings. The fraction of sp³-hybridized carbons (Fsp3) is 0.364. The van der Waals surface area contributed by atoms with Gasteiger partial charge in [0.2, 0.25) is 5.91 Å². The van der Waals surface area contributed by atoms with Gasteiger partial charge in [-0.1, -0.05) is 23.7 Å². The Morgan fingerprint density at radius 3 is 2.74 bits per heavy atom. The van der Waals surface area contributed by atoms with Crippen LogP contribution < -0.4 is 5.56 Å². The van der Waals surface area contributed by atoms with E-state index in [1.165, 1.54) is 9.08 Å². The van der Waals surface area contributed by atoms with Gasteiger partial charge in [0.15, 0.2) is 0 Å². The van der Waals surface area contributed by atoms with Crippen LogP contribution in [-0.2, 0) is 20.9 Å². The van der Waals surface area contributed by atoms with Crippen LogP contribution in [0, 0.1) is 5.92 Å². The van der Waals surface area contributed by atoms with Crippen molar-refractivity contribution < 1.29 is 14.3 Å². The van der Waals surface area contributed by atoms with Gasteiger partial charge >= 0.3 is 5.97 Å². The quantitative estimate of drug-likeness (QED) is 0.567. The molecule has 4 rings (SSSR count). The number of rotatable bonds is 5. The minimum Gasteiger partial charge on any atom is -0.466 e. The highest BCUT2D eigenvalue weighted by atomic mass is 35.5. The highest BCUT2D eigenvalue weighted by Crippen LogP contribution is 2.21. The van der Waals surface area contributed by atoms with Gasteiger partial charge in [-0.05, 0) is 38.0 Å². The van der Waals surface area contributed by atoms with Crippen molar-refractivity contribution in [2.24, 2.45) is 5.92 Å². The maximum absolute atomic E-state index is 12.9. The highest BCUT2D eigenvalue weighted by Gasteiger charge is 2.29. The summed E-state index contributed by atoms with van der Waals surface area (Å²) >= 11 is 5.94. The summed E-state index contributed by atoms with van der Waals surface area (Å²) in [6.45, 7) is 2.89. The first-order valence-corrected chi connectivity index (χ1v) is 10.6. The molecular weight excluding hydrogens is 420 g/mol. The Morgan fingerprint density at radius 2 is 2.00 bits per heavy atom. The molecular formula is C22H23ClN4O4. The van der Waals surface area contributed by atoms with Gasteiger partial charge in [0.25, 0.3) is 5.56 Å². The van der Waals surface area contributed by atoms with E-state index < -0.39 is 0 Å². The monoisotopic (exact) mass is 442 g/mol. The number of halogens is 1. The SMILES string of the molecule is CCOC(=O)[C@@H]1CCCN(C(=O)Cn2ccn3nc(-c4ccc(Cl)cc4)cc3c2=O)C1. The van der Waals surface area contributed by atoms with Crippen molar-refractivity contribution in [2.75, 3.05) is 19.7 Å². The largest absolute Gasteiger partial charge is 0.466 e. The molecule has 31 heavy (non-hydrogen) atoms. The van der Waals surface area contributed by atoms with Gasteiger partial charge < -0.3 is 14.2 Å². The summed E-state index contributed by atoms with van der Waals surface area (Å²) in [5.74, 6) is -0.779. The van der Waals surface area contributed by atoms with Crippen LogP contribution in [-0.4, -0.2) is 50.7 Å². The van der Waals surface area contributed by atoms with Gasteiger partial charge in [0.05, 0.1) is 18.2 Å². The first-order chi connectivity index (χ1) is 15.0. The molecule has 3 heterocycles. The van der Waals surface area contributed by atoms with Crippen LogP contribution in [0.5, 0.6) is 0 Å². The van der Waals surface area contributed by atoms with Crippen LogP contribution in [0.25, 0.3) is 16.8 Å². The smallest absolute Gasteiger partial charge is 0.310 e. The summed E-state index contributed by atoms with van der Waals surface area (Å²) < 4.78 is 7.97. The molecule has 9 heteroatoms. The van der Waals surface area contributed by atoms with Gasteiger partial charge in [-0.25, -0.2) is 4.52 Å². The van der Waals surface area contributed by atoms with Gasteiger partial charge in [-0.15, -0.1) is 0 Å². The Morgan fingerprint density at radius 1 is 1.23 bits per heavy atom. The minimum absolute atomic E-state index is 0.0909. The molecule has 0 bridgehead atoms. The number of hydrogen-bond donors (Lipinski definition) is 0. The topological polar surface area (TPSA) is 85.9 Å². The van der Waals surface area contributed by atoms with Crippen molar-refractivity contribution in [2.45, 2.75) is 26.3 Å². The number of piperidine rings is 1. The van der Waals surface area contributed by atoms with E-state index in [4.69, 9.17) is 16.3 Å². The zero-order chi connectivity index (χ0) is 22.0. The minimum atomic E-state index is -0.311. The number of fused-ring (bicyclic) bond motifs is 1. The van der Waals surface area contributed by atoms with Crippen molar-refractivity contribution in [3.8, 4) is 11.3 Å². The lowest BCUT2D eigenvalue weighted by molar-refractivity contribution is -0.151. The van der Waals surface area contributed by atoms with Crippen molar-refractivity contribution in [1.29, 1.82) is 0 Å². The summed E-state index contributed by atoms with van der Waals surface area (Å²) in [7, 11) is 0. The standard InChI is InChI=1S/C22H23ClN4O4/c1-2-31-22(30)16-4-3-9-25(13-16)20(28)14-26-10-11-27-19(21(26)29)12-18(24-27)15-5-7-17(23)8-6-15/h5-8,10-12,16H,2-4,9,13-14H2,1H3/t16-/m1/s1. The fourth-order valence-corrected chi connectivity index (χ4v) is 3.94. The fourth-order valence-electron chi connectivity index (χ4n) is 3.81. The molecule has 0 unspecified atom stereocenters. The molecule has 1 amide bonds. The molecule has 0 spiro atoms. The molecule has 0 saturated carbocycles. The molecule has 1 atom stereocenters. The number of amides is 1. The van der Waals surface area contributed by atoms with E-state index in [1.54, 1.807) is 42.4 Å². The van der Waals surface area contributed by atoms with Crippen LogP contribution in [0.2, 0.25) is 5.02 Å². The Labute approximate surface area is 184 Å². The molecule has 3 aromatic rings. The Bertz CT molecular complexity index is 1170. The predicted molar refractivity (Wildman–Crippen MR) is 116 cm³/mol. The van der Waals surface area contributed by atoms with Crippen molar-refractivity contribution >= 4 is 29.0 Å². The number of esters is 1. The maximum Gasteiger partial charge on any atom is 0.310 e. The molecule has 162 valence electrons. The molecule has 0 radical (unpaired) electrons. The first kappa shape index (κ1) is 21.1. The Balaban J connectivity index is 1.52. The number of likely N-dealkylation sites (tertiary alicyclic amines) is 1. The van der Waals surface area contributed by atoms with Crippen LogP contribution in [0.4, 0.5) is 0 Å². The summed E-state index contributed by atoms with van der Waals surface area (Å²) in [6.07, 6.45) is 4.65. The maximum atomic E-state index is 12.9. The molecule has 1 saturated heterocycles. The third-order valence-corrected chi connectivity index (χ3v) is 5.70. The van der Waals surface area contributed by atoms with Crippen LogP contribution >= 0.6 is 11.6 Å². The molecule has 1 aromatic carbocycles. The summed E-state index contributed by atoms with van der Waals surface area (Å²) in [5.41, 5.74) is 1.56. The molecule has 2 aromatic heterocycles. The van der Waals surface area contributed by atoms with Gasteiger partial charge in [0, 0.05) is 36.1 Å². The zero-order valence-electron chi connectivity index (χ0n) is 17.2. The highest BCUT2D eigenvalue weighted by molar-refractivity contribution is 6.30. The number of carbonyl (C=O) groups excluding carboxylic acids is 2. The van der Waals surface area contributed by atoms with Crippen LogP contribution in [0.1, 0.15) is 19.8 Å². The van der Waals surface area contributed by atoms with E-state index in [0.717, 1.165) is 12.0 Å². The van der Waals surface area contributed by atoms with Gasteiger partial charge in [0.1, 0.15) is 12.1 Å². The normalized spacial score (nSPS) is 16.5. The number of nitrogens with zero attached hydrogens (tertiary/aromatic N) is 4. The lowest BCUT2D eigenvalue weighted by atomic mass is 9.98. The predicted octanol–water partition coefficient (Wildman–Crippen LogP) is 2.62. The second-order valence-electron chi connectivity index (χ2n) is 7.53. The van der Waals surface area contributed by atoms with Gasteiger partial charge in [-0.3, -0.25) is 14.4 Å². The summed E-state index contributed by atoms with van der Waals surface area (Å²) in [4.78, 5) is 39.4. The lowest BCUT2D eigenvalue weighted by Crippen LogP contribution is -2.45. The van der Waals surface area contributed by atoms with E-state index in [-0.39, 0.29) is 29.9 Å². The second kappa shape index (κ2) is 8.93. The number of carbonyl (C=O) groups is 2. The van der Waals surface area contributed by atoms with Crippen molar-refractivity contribution in [3.05, 3.63) is 58.1 Å². The number of ether oxygens (including phenoxy) is 1. The molecule has 8 nitrogen and oxygen atoms in total. The zero-order valence-corrected chi connectivity index (χ0v) is 17.9. The van der Waals surface area contributed by atoms with Crippen LogP contribution in [0.3, 0.4) is 0 Å². The van der Waals surface area contributed by atoms with E-state index in [9.17, 15) is 14.4 Å². The third kappa shape index (κ3) is 4.49. The van der Waals surface area contributed by atoms with E-state index in [2.05, 4.69) is 5.10 Å². The average molecular weight is 443 g/mol. The third-order valence-electron chi connectivity index (χ3n) is 5.44. The van der Waals surface area contributed by atoms with Gasteiger partial charge in [-0.2, -0.15) is 5.10 Å². The Kier molecular flexibility index (Phi) is 6.08. The second-order valence-corrected chi connectivity index (χ2v) is 7.96. The van der Waals surface area contributed by atoms with Crippen LogP contribution in [0.15, 0.2) is 47.5 Å². The van der Waals surface area contributed by atoms with E-state index in [1.807, 2.05) is 12.1 Å². The number of hydrogen-bond acceptors (Lipinski definition) is 5. The first-order valence-electron chi connectivity index (χ1n) is 10.3. The average Bonchev–Trinajstić information content (AvgIpc) is 3.21. The van der Waals surface area contributed by atoms with Crippen molar-refractivity contribution in [3.63, 3.8) is 0 Å². The van der Waals surface area contributed by atoms with Crippen molar-refractivity contribution in [1.82, 2.24) is 19.1 Å². The molecule has 1 aliphatic heterocycles. The number of aromatic nitrogens is 3. The number of benzene rings is 1. The summed E-state index contributed by atoms with van der Waals surface area (Å²) in [6, 6.07) is 8.90. The van der Waals surface area contributed by atoms with E-state index in [0.29, 0.717) is 42.4 Å². The lowest BCUT2D eigenvalue weighted by Gasteiger charge is -2.31. The van der Waals surface area contributed by atoms with E-state index >= 15 is 0 Å². The Hall–Kier alpha value is -3.13. The molecule has 1 fully saturated rings. The summed E-state index contributed by atoms with van der Waals surface area (Å²) in [5, 5.41) is 5.07. The molecule has 0 N–H and O–H groups in total. The molecule has 0 aliphatic carbocycles.